The van der Waals surface area contributed by atoms with Gasteiger partial charge in [-0.25, -0.2) is 14.6 Å². The second kappa shape index (κ2) is 8.23. The number of esters is 2. The van der Waals surface area contributed by atoms with Gasteiger partial charge in [0.1, 0.15) is 4.84 Å². The van der Waals surface area contributed by atoms with Crippen molar-refractivity contribution in [2.45, 2.75) is 31.3 Å². The third-order valence-corrected chi connectivity index (χ3v) is 3.61. The van der Waals surface area contributed by atoms with E-state index in [0.29, 0.717) is 0 Å². The Balaban J connectivity index is 4.05. The molecule has 0 unspecified atom stereocenters. The van der Waals surface area contributed by atoms with Crippen molar-refractivity contribution in [2.75, 3.05) is 14.2 Å². The molecule has 1 aromatic heterocycles. The van der Waals surface area contributed by atoms with Gasteiger partial charge in [0.2, 0.25) is 0 Å². The molecule has 1 heterocycles. The topological polar surface area (TPSA) is 65.5 Å². The predicted octanol–water partition coefficient (Wildman–Crippen LogP) is 4.35. The number of hydrogen-bond acceptors (Lipinski definition) is 5. The Morgan fingerprint density at radius 3 is 1.92 bits per heavy atom. The second-order valence-corrected chi connectivity index (χ2v) is 6.55. The average molecular weight is 402 g/mol. The summed E-state index contributed by atoms with van der Waals surface area (Å²) in [6, 6.07) is 0. The molecule has 1 aromatic rings. The number of hydrogen-bond donors (Lipinski definition) is 0. The van der Waals surface area contributed by atoms with Crippen LogP contribution < -0.4 is 0 Å². The summed E-state index contributed by atoms with van der Waals surface area (Å²) in [6.45, 7) is 3.41. The normalized spacial score (nSPS) is 11.8. The molecule has 1 rings (SSSR count). The van der Waals surface area contributed by atoms with Crippen LogP contribution in [0.25, 0.3) is 0 Å². The fourth-order valence-electron chi connectivity index (χ4n) is 2.28. The average Bonchev–Trinajstić information content (AvgIpc) is 2.50. The molecule has 0 radical (unpaired) electrons. The summed E-state index contributed by atoms with van der Waals surface area (Å²) >= 11 is 11.4. The Kier molecular flexibility index (Phi) is 7.08. The highest BCUT2D eigenvalue weighted by molar-refractivity contribution is 6.44. The predicted molar refractivity (Wildman–Crippen MR) is 84.9 cm³/mol. The Hall–Kier alpha value is -1.54. The number of alkyl halides is 5. The van der Waals surface area contributed by atoms with E-state index in [-0.39, 0.29) is 23.5 Å². The summed E-state index contributed by atoms with van der Waals surface area (Å²) in [6.07, 6.45) is -5.03. The number of halogens is 5. The minimum atomic E-state index is -4.98. The molecule has 25 heavy (non-hydrogen) atoms. The number of carbonyl (C=O) groups is 2. The zero-order chi connectivity index (χ0) is 19.5. The number of aromatic nitrogens is 1. The van der Waals surface area contributed by atoms with Gasteiger partial charge in [0.15, 0.2) is 5.69 Å². The highest BCUT2D eigenvalue weighted by Gasteiger charge is 2.42. The van der Waals surface area contributed by atoms with Gasteiger partial charge < -0.3 is 9.47 Å². The molecule has 0 amide bonds. The number of methoxy groups -OCH3 is 2. The molecule has 0 saturated heterocycles. The summed E-state index contributed by atoms with van der Waals surface area (Å²) in [7, 11) is 1.97. The lowest BCUT2D eigenvalue weighted by molar-refractivity contribution is -0.141. The van der Waals surface area contributed by atoms with Crippen LogP contribution in [0.4, 0.5) is 13.2 Å². The minimum absolute atomic E-state index is 0.0477. The van der Waals surface area contributed by atoms with Crippen LogP contribution in [0.2, 0.25) is 0 Å². The molecule has 0 aliphatic carbocycles. The Morgan fingerprint density at radius 2 is 1.56 bits per heavy atom. The number of nitrogens with zero attached hydrogens (tertiary/aromatic N) is 1. The van der Waals surface area contributed by atoms with E-state index in [0.717, 1.165) is 14.2 Å². The lowest BCUT2D eigenvalue weighted by Gasteiger charge is -2.21. The van der Waals surface area contributed by atoms with E-state index in [9.17, 15) is 22.8 Å². The molecule has 0 atom stereocenters. The smallest absolute Gasteiger partial charge is 0.434 e. The largest absolute Gasteiger partial charge is 0.465 e. The van der Waals surface area contributed by atoms with Crippen LogP contribution in [0.15, 0.2) is 0 Å². The van der Waals surface area contributed by atoms with Gasteiger partial charge in [0.25, 0.3) is 0 Å². The van der Waals surface area contributed by atoms with Crippen molar-refractivity contribution in [2.24, 2.45) is 5.92 Å². The Morgan fingerprint density at radius 1 is 1.08 bits per heavy atom. The van der Waals surface area contributed by atoms with Crippen LogP contribution in [-0.2, 0) is 22.1 Å². The molecule has 10 heteroatoms. The van der Waals surface area contributed by atoms with Crippen molar-refractivity contribution in [1.82, 2.24) is 4.98 Å². The third kappa shape index (κ3) is 4.76. The van der Waals surface area contributed by atoms with E-state index in [1.165, 1.54) is 0 Å². The van der Waals surface area contributed by atoms with Crippen LogP contribution >= 0.6 is 23.2 Å². The fourth-order valence-corrected chi connectivity index (χ4v) is 2.60. The van der Waals surface area contributed by atoms with Crippen molar-refractivity contribution in [3.63, 3.8) is 0 Å². The van der Waals surface area contributed by atoms with Gasteiger partial charge in [-0.2, -0.15) is 13.2 Å². The first-order valence-electron chi connectivity index (χ1n) is 7.04. The van der Waals surface area contributed by atoms with Crippen LogP contribution in [0.1, 0.15) is 56.4 Å². The second-order valence-electron chi connectivity index (χ2n) is 5.45. The highest BCUT2D eigenvalue weighted by atomic mass is 35.5. The van der Waals surface area contributed by atoms with Gasteiger partial charge in [0.05, 0.1) is 31.0 Å². The zero-order valence-electron chi connectivity index (χ0n) is 13.8. The molecule has 0 N–H and O–H groups in total. The number of rotatable bonds is 5. The SMILES string of the molecule is COC(=O)c1c(C(Cl)Cl)nc(C(F)(F)F)c(C(=O)OC)c1CC(C)C. The van der Waals surface area contributed by atoms with Crippen LogP contribution in [-0.4, -0.2) is 31.1 Å². The molecule has 0 bridgehead atoms. The van der Waals surface area contributed by atoms with Crippen LogP contribution in [0.5, 0.6) is 0 Å². The Labute approximate surface area is 152 Å². The molecule has 5 nitrogen and oxygen atoms in total. The molecule has 0 spiro atoms. The van der Waals surface area contributed by atoms with Gasteiger partial charge >= 0.3 is 18.1 Å². The number of carbonyl (C=O) groups excluding carboxylic acids is 2. The monoisotopic (exact) mass is 401 g/mol. The first kappa shape index (κ1) is 21.5. The standard InChI is InChI=1S/C15H16Cl2F3NO4/c1-6(2)5-7-8(13(22)24-3)10(12(16)17)21-11(15(18,19)20)9(7)14(23)25-4/h6,12H,5H2,1-4H3. The van der Waals surface area contributed by atoms with Crippen molar-refractivity contribution in [1.29, 1.82) is 0 Å². The highest BCUT2D eigenvalue weighted by Crippen LogP contribution is 2.39. The van der Waals surface area contributed by atoms with Gasteiger partial charge in [0, 0.05) is 0 Å². The molecule has 0 aliphatic heterocycles. The molecule has 0 saturated carbocycles. The van der Waals surface area contributed by atoms with E-state index < -0.39 is 39.9 Å². The number of ether oxygens (including phenoxy) is 2. The fraction of sp³-hybridized carbons (Fsp3) is 0.533. The Bertz CT molecular complexity index is 676. The molecule has 140 valence electrons. The first-order valence-corrected chi connectivity index (χ1v) is 7.91. The van der Waals surface area contributed by atoms with Crippen molar-refractivity contribution >= 4 is 35.1 Å². The van der Waals surface area contributed by atoms with E-state index in [4.69, 9.17) is 23.2 Å². The van der Waals surface area contributed by atoms with E-state index >= 15 is 0 Å². The molecule has 0 fully saturated rings. The first-order chi connectivity index (χ1) is 11.4. The van der Waals surface area contributed by atoms with Gasteiger partial charge in [-0.1, -0.05) is 37.0 Å². The summed E-state index contributed by atoms with van der Waals surface area (Å²) in [4.78, 5) is 26.0. The van der Waals surface area contributed by atoms with Gasteiger partial charge in [-0.15, -0.1) is 0 Å². The summed E-state index contributed by atoms with van der Waals surface area (Å²) < 4.78 is 49.4. The lowest BCUT2D eigenvalue weighted by Crippen LogP contribution is -2.25. The lowest BCUT2D eigenvalue weighted by atomic mass is 9.91. The third-order valence-electron chi connectivity index (χ3n) is 3.20. The maximum absolute atomic E-state index is 13.4. The van der Waals surface area contributed by atoms with Crippen LogP contribution in [0.3, 0.4) is 0 Å². The van der Waals surface area contributed by atoms with Crippen LogP contribution in [0, 0.1) is 5.92 Å². The maximum Gasteiger partial charge on any atom is 0.434 e. The van der Waals surface area contributed by atoms with E-state index in [1.54, 1.807) is 13.8 Å². The molecule has 0 aromatic carbocycles. The van der Waals surface area contributed by atoms with E-state index in [1.807, 2.05) is 0 Å². The number of pyridine rings is 1. The van der Waals surface area contributed by atoms with Gasteiger partial charge in [-0.3, -0.25) is 0 Å². The minimum Gasteiger partial charge on any atom is -0.465 e. The summed E-state index contributed by atoms with van der Waals surface area (Å²) in [5, 5.41) is 0. The quantitative estimate of drug-likeness (QED) is 0.541. The molecule has 0 aliphatic rings. The molecular formula is C15H16Cl2F3NO4. The van der Waals surface area contributed by atoms with Crippen molar-refractivity contribution in [3.8, 4) is 0 Å². The van der Waals surface area contributed by atoms with Gasteiger partial charge in [-0.05, 0) is 17.9 Å². The van der Waals surface area contributed by atoms with Crippen molar-refractivity contribution in [3.05, 3.63) is 28.1 Å². The van der Waals surface area contributed by atoms with Crippen molar-refractivity contribution < 1.29 is 32.2 Å². The zero-order valence-corrected chi connectivity index (χ0v) is 15.3. The molecular weight excluding hydrogens is 386 g/mol. The summed E-state index contributed by atoms with van der Waals surface area (Å²) in [5.41, 5.74) is -3.45. The summed E-state index contributed by atoms with van der Waals surface area (Å²) in [5.74, 6) is -2.47. The maximum atomic E-state index is 13.4. The van der Waals surface area contributed by atoms with E-state index in [2.05, 4.69) is 14.5 Å².